The van der Waals surface area contributed by atoms with Crippen LogP contribution in [0, 0.1) is 19.7 Å². The summed E-state index contributed by atoms with van der Waals surface area (Å²) in [6.45, 7) is 5.07. The molecular formula is C18H20ClFN2O2S. The number of benzene rings is 2. The van der Waals surface area contributed by atoms with E-state index in [9.17, 15) is 12.8 Å². The second-order valence-electron chi connectivity index (χ2n) is 6.21. The molecular weight excluding hydrogens is 363 g/mol. The number of hydrogen-bond donors (Lipinski definition) is 0. The summed E-state index contributed by atoms with van der Waals surface area (Å²) in [6, 6.07) is 9.85. The number of para-hydroxylation sites is 1. The van der Waals surface area contributed by atoms with E-state index in [1.165, 1.54) is 10.4 Å². The minimum Gasteiger partial charge on any atom is -0.367 e. The first kappa shape index (κ1) is 18.2. The lowest BCUT2D eigenvalue weighted by Crippen LogP contribution is -2.49. The number of nitrogens with zero attached hydrogens (tertiary/aromatic N) is 2. The maximum Gasteiger partial charge on any atom is 0.243 e. The van der Waals surface area contributed by atoms with Gasteiger partial charge in [-0.3, -0.25) is 0 Å². The first-order valence-electron chi connectivity index (χ1n) is 8.07. The van der Waals surface area contributed by atoms with Gasteiger partial charge in [0.1, 0.15) is 5.82 Å². The number of sulfonamides is 1. The minimum atomic E-state index is -3.59. The molecule has 7 heteroatoms. The molecule has 1 aliphatic heterocycles. The Hall–Kier alpha value is -1.63. The average Bonchev–Trinajstić information content (AvgIpc) is 2.58. The summed E-state index contributed by atoms with van der Waals surface area (Å²) in [6.07, 6.45) is 0. The first-order valence-corrected chi connectivity index (χ1v) is 9.89. The van der Waals surface area contributed by atoms with Gasteiger partial charge in [0.05, 0.1) is 10.6 Å². The molecule has 1 saturated heterocycles. The molecule has 0 aromatic heterocycles. The summed E-state index contributed by atoms with van der Waals surface area (Å²) in [4.78, 5) is 2.16. The first-order chi connectivity index (χ1) is 11.8. The Morgan fingerprint density at radius 3 is 2.28 bits per heavy atom. The topological polar surface area (TPSA) is 40.6 Å². The Morgan fingerprint density at radius 2 is 1.64 bits per heavy atom. The van der Waals surface area contributed by atoms with Crippen LogP contribution in [0.1, 0.15) is 11.1 Å². The predicted octanol–water partition coefficient (Wildman–Crippen LogP) is 3.61. The maximum atomic E-state index is 13.9. The third-order valence-corrected chi connectivity index (χ3v) is 6.95. The number of hydrogen-bond acceptors (Lipinski definition) is 3. The highest BCUT2D eigenvalue weighted by molar-refractivity contribution is 7.89. The average molecular weight is 383 g/mol. The van der Waals surface area contributed by atoms with E-state index in [4.69, 9.17) is 11.6 Å². The molecule has 1 fully saturated rings. The molecule has 25 heavy (non-hydrogen) atoms. The SMILES string of the molecule is Cc1cc(S(=O)(=O)N2CCN(c3ccccc3F)CC2)c(C)cc1Cl. The van der Waals surface area contributed by atoms with Crippen LogP contribution in [0.5, 0.6) is 0 Å². The number of aryl methyl sites for hydroxylation is 2. The standard InChI is InChI=1S/C18H20ClFN2O2S/c1-13-12-18(14(2)11-15(13)19)25(23,24)22-9-7-21(8-10-22)17-6-4-3-5-16(17)20/h3-6,11-12H,7-10H2,1-2H3. The Balaban J connectivity index is 1.81. The molecule has 2 aromatic rings. The number of anilines is 1. The van der Waals surface area contributed by atoms with Crippen molar-refractivity contribution in [2.24, 2.45) is 0 Å². The van der Waals surface area contributed by atoms with Crippen LogP contribution < -0.4 is 4.90 Å². The van der Waals surface area contributed by atoms with E-state index in [0.717, 1.165) is 5.56 Å². The zero-order chi connectivity index (χ0) is 18.2. The quantitative estimate of drug-likeness (QED) is 0.814. The lowest BCUT2D eigenvalue weighted by atomic mass is 10.2. The number of rotatable bonds is 3. The fourth-order valence-corrected chi connectivity index (χ4v) is 4.98. The summed E-state index contributed by atoms with van der Waals surface area (Å²) in [5, 5.41) is 0.556. The molecule has 3 rings (SSSR count). The van der Waals surface area contributed by atoms with E-state index < -0.39 is 10.0 Å². The van der Waals surface area contributed by atoms with E-state index in [1.807, 2.05) is 4.90 Å². The van der Waals surface area contributed by atoms with Gasteiger partial charge in [0.2, 0.25) is 10.0 Å². The van der Waals surface area contributed by atoms with E-state index in [-0.39, 0.29) is 10.7 Å². The van der Waals surface area contributed by atoms with Gasteiger partial charge in [-0.25, -0.2) is 12.8 Å². The minimum absolute atomic E-state index is 0.286. The summed E-state index contributed by atoms with van der Waals surface area (Å²) < 4.78 is 41.3. The van der Waals surface area contributed by atoms with Gasteiger partial charge in [-0.1, -0.05) is 23.7 Å². The highest BCUT2D eigenvalue weighted by Crippen LogP contribution is 2.28. The van der Waals surface area contributed by atoms with Gasteiger partial charge in [0.15, 0.2) is 0 Å². The van der Waals surface area contributed by atoms with Crippen molar-refractivity contribution in [3.05, 3.63) is 58.4 Å². The molecule has 0 saturated carbocycles. The van der Waals surface area contributed by atoms with Crippen molar-refractivity contribution in [3.63, 3.8) is 0 Å². The van der Waals surface area contributed by atoms with Crippen LogP contribution in [0.25, 0.3) is 0 Å². The zero-order valence-electron chi connectivity index (χ0n) is 14.2. The van der Waals surface area contributed by atoms with Gasteiger partial charge in [0, 0.05) is 31.2 Å². The molecule has 0 bridgehead atoms. The van der Waals surface area contributed by atoms with Crippen LogP contribution in [0.3, 0.4) is 0 Å². The van der Waals surface area contributed by atoms with Crippen molar-refractivity contribution < 1.29 is 12.8 Å². The molecule has 0 amide bonds. The molecule has 0 unspecified atom stereocenters. The van der Waals surface area contributed by atoms with Gasteiger partial charge in [-0.05, 0) is 49.2 Å². The van der Waals surface area contributed by atoms with E-state index in [2.05, 4.69) is 0 Å². The highest BCUT2D eigenvalue weighted by Gasteiger charge is 2.30. The van der Waals surface area contributed by atoms with Crippen LogP contribution >= 0.6 is 11.6 Å². The lowest BCUT2D eigenvalue weighted by molar-refractivity contribution is 0.383. The molecule has 0 aliphatic carbocycles. The van der Waals surface area contributed by atoms with Gasteiger partial charge in [0.25, 0.3) is 0 Å². The monoisotopic (exact) mass is 382 g/mol. The summed E-state index contributed by atoms with van der Waals surface area (Å²) in [5.41, 5.74) is 1.88. The van der Waals surface area contributed by atoms with E-state index in [0.29, 0.717) is 42.5 Å². The van der Waals surface area contributed by atoms with Crippen molar-refractivity contribution in [1.29, 1.82) is 0 Å². The highest BCUT2D eigenvalue weighted by atomic mass is 35.5. The molecule has 0 radical (unpaired) electrons. The fourth-order valence-electron chi connectivity index (χ4n) is 3.05. The number of piperazine rings is 1. The fraction of sp³-hybridized carbons (Fsp3) is 0.333. The van der Waals surface area contributed by atoms with Crippen LogP contribution in [-0.2, 0) is 10.0 Å². The second-order valence-corrected chi connectivity index (χ2v) is 8.52. The Morgan fingerprint density at radius 1 is 1.00 bits per heavy atom. The van der Waals surface area contributed by atoms with Crippen LogP contribution in [0.4, 0.5) is 10.1 Å². The summed E-state index contributed by atoms with van der Waals surface area (Å²) in [7, 11) is -3.59. The van der Waals surface area contributed by atoms with Crippen molar-refractivity contribution in [3.8, 4) is 0 Å². The molecule has 134 valence electrons. The molecule has 1 aliphatic rings. The second kappa shape index (κ2) is 6.94. The molecule has 0 spiro atoms. The smallest absolute Gasteiger partial charge is 0.243 e. The summed E-state index contributed by atoms with van der Waals surface area (Å²) >= 11 is 6.07. The Labute approximate surface area is 152 Å². The summed E-state index contributed by atoms with van der Waals surface area (Å²) in [5.74, 6) is -0.289. The molecule has 1 heterocycles. The Bertz CT molecular complexity index is 894. The van der Waals surface area contributed by atoms with E-state index in [1.54, 1.807) is 44.2 Å². The lowest BCUT2D eigenvalue weighted by Gasteiger charge is -2.35. The van der Waals surface area contributed by atoms with Crippen molar-refractivity contribution >= 4 is 27.3 Å². The maximum absolute atomic E-state index is 13.9. The van der Waals surface area contributed by atoms with Crippen LogP contribution in [0.2, 0.25) is 5.02 Å². The molecule has 0 atom stereocenters. The van der Waals surface area contributed by atoms with Crippen LogP contribution in [0.15, 0.2) is 41.3 Å². The van der Waals surface area contributed by atoms with E-state index >= 15 is 0 Å². The van der Waals surface area contributed by atoms with Gasteiger partial charge in [-0.15, -0.1) is 0 Å². The normalized spacial score (nSPS) is 16.2. The Kier molecular flexibility index (Phi) is 5.04. The third kappa shape index (κ3) is 3.52. The number of halogens is 2. The predicted molar refractivity (Wildman–Crippen MR) is 98.3 cm³/mol. The third-order valence-electron chi connectivity index (χ3n) is 4.51. The largest absolute Gasteiger partial charge is 0.367 e. The van der Waals surface area contributed by atoms with Gasteiger partial charge in [-0.2, -0.15) is 4.31 Å². The zero-order valence-corrected chi connectivity index (χ0v) is 15.7. The van der Waals surface area contributed by atoms with Gasteiger partial charge >= 0.3 is 0 Å². The van der Waals surface area contributed by atoms with Gasteiger partial charge < -0.3 is 4.90 Å². The molecule has 2 aromatic carbocycles. The molecule has 4 nitrogen and oxygen atoms in total. The van der Waals surface area contributed by atoms with Crippen molar-refractivity contribution in [1.82, 2.24) is 4.31 Å². The van der Waals surface area contributed by atoms with Crippen LogP contribution in [-0.4, -0.2) is 38.9 Å². The van der Waals surface area contributed by atoms with Crippen molar-refractivity contribution in [2.75, 3.05) is 31.1 Å². The van der Waals surface area contributed by atoms with Crippen molar-refractivity contribution in [2.45, 2.75) is 18.7 Å². The molecule has 0 N–H and O–H groups in total.